The first-order valence-electron chi connectivity index (χ1n) is 8.43. The first-order valence-corrected chi connectivity index (χ1v) is 8.43. The second kappa shape index (κ2) is 7.81. The molecule has 2 heterocycles. The van der Waals surface area contributed by atoms with E-state index in [1.54, 1.807) is 0 Å². The quantitative estimate of drug-likeness (QED) is 0.914. The second-order valence-electron chi connectivity index (χ2n) is 6.18. The molecule has 0 aliphatic carbocycles. The van der Waals surface area contributed by atoms with E-state index >= 15 is 0 Å². The summed E-state index contributed by atoms with van der Waals surface area (Å²) < 4.78 is 2.21. The van der Waals surface area contributed by atoms with Crippen LogP contribution in [0.15, 0.2) is 54.9 Å². The lowest BCUT2D eigenvalue weighted by Gasteiger charge is -2.32. The third kappa shape index (κ3) is 4.25. The smallest absolute Gasteiger partial charge is 0.241 e. The fraction of sp³-hybridized carbons (Fsp3) is 0.368. The fourth-order valence-electron chi connectivity index (χ4n) is 3.13. The molecule has 1 aromatic heterocycles. The third-order valence-electron chi connectivity index (χ3n) is 4.51. The van der Waals surface area contributed by atoms with Gasteiger partial charge in [0.15, 0.2) is 0 Å². The van der Waals surface area contributed by atoms with Gasteiger partial charge in [-0.05, 0) is 30.5 Å². The molecule has 126 valence electrons. The zero-order valence-corrected chi connectivity index (χ0v) is 13.7. The molecule has 2 amide bonds. The second-order valence-corrected chi connectivity index (χ2v) is 6.18. The Morgan fingerprint density at radius 2 is 1.67 bits per heavy atom. The number of amides is 2. The van der Waals surface area contributed by atoms with Crippen molar-refractivity contribution in [2.45, 2.75) is 25.3 Å². The molecule has 1 fully saturated rings. The third-order valence-corrected chi connectivity index (χ3v) is 4.51. The highest BCUT2D eigenvalue weighted by Gasteiger charge is 2.23. The zero-order valence-electron chi connectivity index (χ0n) is 13.7. The minimum absolute atomic E-state index is 0.00219. The molecule has 1 aromatic carbocycles. The Kier molecular flexibility index (Phi) is 5.31. The van der Waals surface area contributed by atoms with Crippen LogP contribution in [0.1, 0.15) is 24.4 Å². The van der Waals surface area contributed by atoms with Crippen LogP contribution in [0, 0.1) is 0 Å². The number of nitrogens with one attached hydrogen (secondary N) is 1. The van der Waals surface area contributed by atoms with Crippen LogP contribution in [-0.2, 0) is 16.0 Å². The lowest BCUT2D eigenvalue weighted by atomic mass is 10.0. The Balaban J connectivity index is 1.40. The van der Waals surface area contributed by atoms with Crippen molar-refractivity contribution in [1.82, 2.24) is 14.8 Å². The summed E-state index contributed by atoms with van der Waals surface area (Å²) in [5.41, 5.74) is 0.954. The van der Waals surface area contributed by atoms with Crippen molar-refractivity contribution >= 4 is 11.8 Å². The van der Waals surface area contributed by atoms with Crippen molar-refractivity contribution in [2.24, 2.45) is 0 Å². The van der Waals surface area contributed by atoms with Crippen molar-refractivity contribution in [2.75, 3.05) is 19.6 Å². The van der Waals surface area contributed by atoms with E-state index in [1.165, 1.54) is 0 Å². The van der Waals surface area contributed by atoms with Gasteiger partial charge in [0.05, 0.1) is 13.0 Å². The summed E-state index contributed by atoms with van der Waals surface area (Å²) in [5.74, 6) is -0.112. The molecular formula is C19H23N3O2. The molecule has 0 bridgehead atoms. The van der Waals surface area contributed by atoms with Crippen molar-refractivity contribution in [3.63, 3.8) is 0 Å². The van der Waals surface area contributed by atoms with E-state index < -0.39 is 0 Å². The number of likely N-dealkylation sites (tertiary alicyclic amines) is 1. The number of piperidine rings is 1. The van der Waals surface area contributed by atoms with Crippen LogP contribution in [0.5, 0.6) is 0 Å². The number of benzene rings is 1. The number of hydrogen-bond acceptors (Lipinski definition) is 2. The topological polar surface area (TPSA) is 54.3 Å². The average molecular weight is 325 g/mol. The maximum atomic E-state index is 12.3. The van der Waals surface area contributed by atoms with Gasteiger partial charge in [0.1, 0.15) is 0 Å². The molecule has 5 heteroatoms. The van der Waals surface area contributed by atoms with Gasteiger partial charge in [-0.25, -0.2) is 0 Å². The zero-order chi connectivity index (χ0) is 16.8. The van der Waals surface area contributed by atoms with Gasteiger partial charge >= 0.3 is 0 Å². The maximum Gasteiger partial charge on any atom is 0.241 e. The Hall–Kier alpha value is -2.56. The lowest BCUT2D eigenvalue weighted by Crippen LogP contribution is -2.44. The molecule has 0 radical (unpaired) electrons. The highest BCUT2D eigenvalue weighted by molar-refractivity contribution is 5.85. The number of rotatable bonds is 5. The van der Waals surface area contributed by atoms with Gasteiger partial charge in [0.25, 0.3) is 0 Å². The number of carbonyl (C=O) groups is 2. The van der Waals surface area contributed by atoms with Gasteiger partial charge < -0.3 is 14.8 Å². The summed E-state index contributed by atoms with van der Waals surface area (Å²) in [7, 11) is 0. The molecule has 1 aliphatic heterocycles. The Morgan fingerprint density at radius 3 is 2.33 bits per heavy atom. The van der Waals surface area contributed by atoms with Crippen LogP contribution in [0.3, 0.4) is 0 Å². The number of nitrogens with zero attached hydrogens (tertiary/aromatic N) is 2. The first kappa shape index (κ1) is 16.3. The summed E-state index contributed by atoms with van der Waals surface area (Å²) in [6.07, 6.45) is 6.37. The van der Waals surface area contributed by atoms with E-state index in [1.807, 2.05) is 47.4 Å². The van der Waals surface area contributed by atoms with Crippen molar-refractivity contribution in [1.29, 1.82) is 0 Å². The van der Waals surface area contributed by atoms with Gasteiger partial charge in [-0.1, -0.05) is 30.3 Å². The minimum atomic E-state index is -0.114. The highest BCUT2D eigenvalue weighted by Crippen LogP contribution is 2.22. The maximum absolute atomic E-state index is 12.3. The van der Waals surface area contributed by atoms with Crippen LogP contribution in [-0.4, -0.2) is 40.9 Å². The van der Waals surface area contributed by atoms with E-state index in [4.69, 9.17) is 0 Å². The Labute approximate surface area is 142 Å². The number of hydrogen-bond donors (Lipinski definition) is 1. The monoisotopic (exact) mass is 325 g/mol. The summed E-state index contributed by atoms with van der Waals surface area (Å²) in [6, 6.07) is 14.1. The van der Waals surface area contributed by atoms with E-state index in [2.05, 4.69) is 22.3 Å². The van der Waals surface area contributed by atoms with Crippen molar-refractivity contribution in [3.05, 3.63) is 60.4 Å². The molecule has 0 unspecified atom stereocenters. The molecule has 1 aliphatic rings. The standard InChI is InChI=1S/C19H23N3O2/c23-18(14-16-6-2-1-3-7-16)20-15-19(24)22-12-8-17(9-13-22)21-10-4-5-11-21/h1-7,10-11,17H,8-9,12-15H2,(H,20,23). The summed E-state index contributed by atoms with van der Waals surface area (Å²) in [4.78, 5) is 26.0. The lowest BCUT2D eigenvalue weighted by molar-refractivity contribution is -0.133. The predicted octanol–water partition coefficient (Wildman–Crippen LogP) is 2.01. The summed E-state index contributed by atoms with van der Waals surface area (Å²) in [6.45, 7) is 1.58. The van der Waals surface area contributed by atoms with E-state index in [9.17, 15) is 9.59 Å². The van der Waals surface area contributed by atoms with Crippen LogP contribution in [0.4, 0.5) is 0 Å². The van der Waals surface area contributed by atoms with E-state index in [-0.39, 0.29) is 18.4 Å². The molecule has 0 saturated carbocycles. The Bertz CT molecular complexity index is 659. The van der Waals surface area contributed by atoms with Crippen LogP contribution in [0.25, 0.3) is 0 Å². The normalized spacial score (nSPS) is 15.2. The van der Waals surface area contributed by atoms with E-state index in [0.29, 0.717) is 12.5 Å². The predicted molar refractivity (Wildman–Crippen MR) is 92.4 cm³/mol. The van der Waals surface area contributed by atoms with Crippen LogP contribution < -0.4 is 5.32 Å². The SMILES string of the molecule is O=C(Cc1ccccc1)NCC(=O)N1CCC(n2cccc2)CC1. The molecule has 3 rings (SSSR count). The fourth-order valence-corrected chi connectivity index (χ4v) is 3.13. The van der Waals surface area contributed by atoms with Gasteiger partial charge in [-0.3, -0.25) is 9.59 Å². The number of carbonyl (C=O) groups excluding carboxylic acids is 2. The average Bonchev–Trinajstić information content (AvgIpc) is 3.15. The minimum Gasteiger partial charge on any atom is -0.351 e. The van der Waals surface area contributed by atoms with Crippen molar-refractivity contribution < 1.29 is 9.59 Å². The van der Waals surface area contributed by atoms with Gasteiger partial charge in [-0.15, -0.1) is 0 Å². The van der Waals surface area contributed by atoms with Gasteiger partial charge in [0, 0.05) is 31.5 Å². The summed E-state index contributed by atoms with van der Waals surface area (Å²) in [5, 5.41) is 2.73. The van der Waals surface area contributed by atoms with E-state index in [0.717, 1.165) is 31.5 Å². The molecule has 0 spiro atoms. The molecule has 0 atom stereocenters. The van der Waals surface area contributed by atoms with Gasteiger partial charge in [-0.2, -0.15) is 0 Å². The number of aromatic nitrogens is 1. The van der Waals surface area contributed by atoms with Crippen molar-refractivity contribution in [3.8, 4) is 0 Å². The largest absolute Gasteiger partial charge is 0.351 e. The molecular weight excluding hydrogens is 302 g/mol. The Morgan fingerprint density at radius 1 is 1.00 bits per heavy atom. The van der Waals surface area contributed by atoms with Crippen LogP contribution in [0.2, 0.25) is 0 Å². The first-order chi connectivity index (χ1) is 11.7. The van der Waals surface area contributed by atoms with Crippen LogP contribution >= 0.6 is 0 Å². The summed E-state index contributed by atoms with van der Waals surface area (Å²) >= 11 is 0. The highest BCUT2D eigenvalue weighted by atomic mass is 16.2. The molecule has 2 aromatic rings. The molecule has 1 N–H and O–H groups in total. The molecule has 1 saturated heterocycles. The van der Waals surface area contributed by atoms with Gasteiger partial charge in [0.2, 0.25) is 11.8 Å². The molecule has 24 heavy (non-hydrogen) atoms. The molecule has 5 nitrogen and oxygen atoms in total.